The zero-order valence-corrected chi connectivity index (χ0v) is 13.7. The molecule has 0 unspecified atom stereocenters. The van der Waals surface area contributed by atoms with Gasteiger partial charge in [-0.2, -0.15) is 0 Å². The van der Waals surface area contributed by atoms with Crippen LogP contribution in [0.25, 0.3) is 0 Å². The van der Waals surface area contributed by atoms with Crippen LogP contribution < -0.4 is 10.6 Å². The van der Waals surface area contributed by atoms with Crippen molar-refractivity contribution in [3.63, 3.8) is 0 Å². The van der Waals surface area contributed by atoms with Crippen LogP contribution in [0.15, 0.2) is 46.9 Å². The number of nitrogens with one attached hydrogen (secondary N) is 2. The van der Waals surface area contributed by atoms with Crippen molar-refractivity contribution in [3.05, 3.63) is 57.5 Å². The second kappa shape index (κ2) is 7.33. The summed E-state index contributed by atoms with van der Waals surface area (Å²) < 4.78 is 5.52. The monoisotopic (exact) mass is 368 g/mol. The number of carbonyl (C=O) groups excluding carboxylic acids is 1. The van der Waals surface area contributed by atoms with E-state index < -0.39 is 6.09 Å². The Kier molecular flexibility index (Phi) is 5.47. The van der Waals surface area contributed by atoms with Gasteiger partial charge in [0, 0.05) is 27.4 Å². The van der Waals surface area contributed by atoms with E-state index in [1.807, 2.05) is 30.3 Å². The Morgan fingerprint density at radius 1 is 1.19 bits per heavy atom. The van der Waals surface area contributed by atoms with Gasteiger partial charge in [-0.25, -0.2) is 4.79 Å². The van der Waals surface area contributed by atoms with Crippen molar-refractivity contribution >= 4 is 45.0 Å². The highest BCUT2D eigenvalue weighted by Crippen LogP contribution is 2.22. The third-order valence-corrected chi connectivity index (χ3v) is 3.67. The van der Waals surface area contributed by atoms with Crippen molar-refractivity contribution in [3.8, 4) is 0 Å². The van der Waals surface area contributed by atoms with Crippen LogP contribution in [0, 0.1) is 0 Å². The van der Waals surface area contributed by atoms with E-state index in [4.69, 9.17) is 11.6 Å². The number of halogens is 2. The number of anilines is 2. The van der Waals surface area contributed by atoms with Gasteiger partial charge >= 0.3 is 6.09 Å². The van der Waals surface area contributed by atoms with Crippen molar-refractivity contribution in [2.24, 2.45) is 0 Å². The van der Waals surface area contributed by atoms with Crippen LogP contribution >= 0.6 is 27.5 Å². The van der Waals surface area contributed by atoms with E-state index in [-0.39, 0.29) is 0 Å². The number of carbonyl (C=O) groups is 1. The average Bonchev–Trinajstić information content (AvgIpc) is 2.49. The van der Waals surface area contributed by atoms with Gasteiger partial charge in [-0.3, -0.25) is 5.32 Å². The first-order valence-electron chi connectivity index (χ1n) is 6.21. The fourth-order valence-electron chi connectivity index (χ4n) is 1.72. The number of hydrogen-bond acceptors (Lipinski definition) is 3. The molecule has 0 heterocycles. The van der Waals surface area contributed by atoms with Gasteiger partial charge in [0.05, 0.1) is 7.11 Å². The molecule has 0 aliphatic carbocycles. The summed E-state index contributed by atoms with van der Waals surface area (Å²) in [6.45, 7) is 0.613. The molecule has 0 atom stereocenters. The molecule has 21 heavy (non-hydrogen) atoms. The molecule has 0 radical (unpaired) electrons. The molecule has 0 fully saturated rings. The zero-order chi connectivity index (χ0) is 15.2. The summed E-state index contributed by atoms with van der Waals surface area (Å²) in [7, 11) is 1.33. The van der Waals surface area contributed by atoms with E-state index in [1.54, 1.807) is 12.1 Å². The predicted octanol–water partition coefficient (Wildman–Crippen LogP) is 4.89. The maximum absolute atomic E-state index is 11.1. The van der Waals surface area contributed by atoms with Gasteiger partial charge in [-0.15, -0.1) is 0 Å². The minimum absolute atomic E-state index is 0.489. The van der Waals surface area contributed by atoms with Crippen molar-refractivity contribution in [1.82, 2.24) is 0 Å². The molecule has 0 saturated carbocycles. The second-order valence-electron chi connectivity index (χ2n) is 4.28. The number of benzene rings is 2. The van der Waals surface area contributed by atoms with Crippen molar-refractivity contribution in [2.45, 2.75) is 6.54 Å². The molecular weight excluding hydrogens is 356 g/mol. The molecule has 0 aromatic heterocycles. The number of rotatable bonds is 4. The molecule has 0 aliphatic rings. The number of ether oxygens (including phenoxy) is 1. The lowest BCUT2D eigenvalue weighted by atomic mass is 10.2. The molecule has 2 N–H and O–H groups in total. The van der Waals surface area contributed by atoms with E-state index in [2.05, 4.69) is 31.3 Å². The highest BCUT2D eigenvalue weighted by Gasteiger charge is 2.03. The summed E-state index contributed by atoms with van der Waals surface area (Å²) in [5, 5.41) is 6.58. The molecule has 0 aliphatic heterocycles. The lowest BCUT2D eigenvalue weighted by Gasteiger charge is -2.10. The van der Waals surface area contributed by atoms with Crippen LogP contribution in [0.4, 0.5) is 16.2 Å². The molecule has 0 saturated heterocycles. The first-order valence-corrected chi connectivity index (χ1v) is 7.38. The molecule has 0 spiro atoms. The van der Waals surface area contributed by atoms with Crippen LogP contribution in [-0.2, 0) is 11.3 Å². The number of methoxy groups -OCH3 is 1. The Hall–Kier alpha value is -1.72. The summed E-state index contributed by atoms with van der Waals surface area (Å²) in [5.74, 6) is 0. The van der Waals surface area contributed by atoms with Gasteiger partial charge in [0.1, 0.15) is 0 Å². The molecule has 1 amide bonds. The molecule has 0 bridgehead atoms. The average molecular weight is 370 g/mol. The maximum Gasteiger partial charge on any atom is 0.411 e. The van der Waals surface area contributed by atoms with E-state index in [9.17, 15) is 4.79 Å². The predicted molar refractivity (Wildman–Crippen MR) is 88.9 cm³/mol. The minimum atomic E-state index is -0.489. The van der Waals surface area contributed by atoms with Gasteiger partial charge < -0.3 is 10.1 Å². The molecule has 4 nitrogen and oxygen atoms in total. The van der Waals surface area contributed by atoms with Gasteiger partial charge in [0.15, 0.2) is 0 Å². The van der Waals surface area contributed by atoms with E-state index >= 15 is 0 Å². The molecule has 2 rings (SSSR count). The van der Waals surface area contributed by atoms with E-state index in [0.29, 0.717) is 12.2 Å². The Balaban J connectivity index is 1.97. The zero-order valence-electron chi connectivity index (χ0n) is 11.3. The van der Waals surface area contributed by atoms with Gasteiger partial charge in [-0.05, 0) is 48.0 Å². The van der Waals surface area contributed by atoms with E-state index in [0.717, 1.165) is 20.7 Å². The fraction of sp³-hybridized carbons (Fsp3) is 0.133. The minimum Gasteiger partial charge on any atom is -0.453 e. The quantitative estimate of drug-likeness (QED) is 0.806. The molecule has 2 aromatic carbocycles. The first-order chi connectivity index (χ1) is 10.1. The highest BCUT2D eigenvalue weighted by molar-refractivity contribution is 9.10. The standard InChI is InChI=1S/C15H14BrClN2O2/c1-21-15(20)19-13-5-3-12(4-6-13)18-9-10-8-11(16)2-7-14(10)17/h2-8,18H,9H2,1H3,(H,19,20). The largest absolute Gasteiger partial charge is 0.453 e. The smallest absolute Gasteiger partial charge is 0.411 e. The van der Waals surface area contributed by atoms with Crippen LogP contribution in [0.1, 0.15) is 5.56 Å². The highest BCUT2D eigenvalue weighted by atomic mass is 79.9. The van der Waals surface area contributed by atoms with Crippen LogP contribution in [0.2, 0.25) is 5.02 Å². The van der Waals surface area contributed by atoms with Gasteiger partial charge in [0.25, 0.3) is 0 Å². The van der Waals surface area contributed by atoms with Gasteiger partial charge in [-0.1, -0.05) is 27.5 Å². The summed E-state index contributed by atoms with van der Waals surface area (Å²) >= 11 is 9.56. The van der Waals surface area contributed by atoms with Crippen molar-refractivity contribution < 1.29 is 9.53 Å². The van der Waals surface area contributed by atoms with Gasteiger partial charge in [0.2, 0.25) is 0 Å². The first kappa shape index (κ1) is 15.7. The molecule has 6 heteroatoms. The molecular formula is C15H14BrClN2O2. The Labute approximate surface area is 136 Å². The van der Waals surface area contributed by atoms with E-state index in [1.165, 1.54) is 7.11 Å². The summed E-state index contributed by atoms with van der Waals surface area (Å²) in [4.78, 5) is 11.1. The Bertz CT molecular complexity index is 632. The Morgan fingerprint density at radius 3 is 2.52 bits per heavy atom. The fourth-order valence-corrected chi connectivity index (χ4v) is 2.31. The van der Waals surface area contributed by atoms with Crippen LogP contribution in [0.5, 0.6) is 0 Å². The number of hydrogen-bond donors (Lipinski definition) is 2. The molecule has 2 aromatic rings. The third kappa shape index (κ3) is 4.65. The lowest BCUT2D eigenvalue weighted by molar-refractivity contribution is 0.187. The SMILES string of the molecule is COC(=O)Nc1ccc(NCc2cc(Br)ccc2Cl)cc1. The maximum atomic E-state index is 11.1. The topological polar surface area (TPSA) is 50.4 Å². The lowest BCUT2D eigenvalue weighted by Crippen LogP contribution is -2.10. The summed E-state index contributed by atoms with van der Waals surface area (Å²) in [6, 6.07) is 13.1. The Morgan fingerprint density at radius 2 is 1.86 bits per heavy atom. The summed E-state index contributed by atoms with van der Waals surface area (Å²) in [6.07, 6.45) is -0.489. The summed E-state index contributed by atoms with van der Waals surface area (Å²) in [5.41, 5.74) is 2.61. The third-order valence-electron chi connectivity index (χ3n) is 2.81. The van der Waals surface area contributed by atoms with Crippen molar-refractivity contribution in [2.75, 3.05) is 17.7 Å². The normalized spacial score (nSPS) is 10.0. The molecule has 110 valence electrons. The van der Waals surface area contributed by atoms with Crippen LogP contribution in [0.3, 0.4) is 0 Å². The van der Waals surface area contributed by atoms with Crippen molar-refractivity contribution in [1.29, 1.82) is 0 Å². The van der Waals surface area contributed by atoms with Crippen LogP contribution in [-0.4, -0.2) is 13.2 Å². The second-order valence-corrected chi connectivity index (χ2v) is 5.61. The number of amides is 1.